The van der Waals surface area contributed by atoms with E-state index in [0.717, 1.165) is 10.9 Å². The molecule has 0 amide bonds. The van der Waals surface area contributed by atoms with Crippen molar-refractivity contribution in [2.45, 2.75) is 47.0 Å². The highest BCUT2D eigenvalue weighted by molar-refractivity contribution is 6.16. The molecule has 0 fully saturated rings. The third kappa shape index (κ3) is 2.10. The summed E-state index contributed by atoms with van der Waals surface area (Å²) in [7, 11) is 0. The fourth-order valence-corrected chi connectivity index (χ4v) is 4.96. The van der Waals surface area contributed by atoms with Gasteiger partial charge in [-0.15, -0.1) is 0 Å². The number of pyridine rings is 1. The number of nitrogens with zero attached hydrogens (tertiary/aromatic N) is 3. The van der Waals surface area contributed by atoms with Crippen molar-refractivity contribution in [2.24, 2.45) is 0 Å². The molecule has 140 valence electrons. The van der Waals surface area contributed by atoms with Gasteiger partial charge < -0.3 is 4.40 Å². The molecule has 3 nitrogen and oxygen atoms in total. The molecule has 5 rings (SSSR count). The average molecular weight is 367 g/mol. The second-order valence-electron chi connectivity index (χ2n) is 8.92. The quantitative estimate of drug-likeness (QED) is 0.234. The lowest BCUT2D eigenvalue weighted by Gasteiger charge is -2.21. The molecule has 0 atom stereocenters. The van der Waals surface area contributed by atoms with E-state index < -0.39 is 0 Å². The highest BCUT2D eigenvalue weighted by Gasteiger charge is 2.27. The Kier molecular flexibility index (Phi) is 3.40. The van der Waals surface area contributed by atoms with E-state index in [1.54, 1.807) is 6.33 Å². The van der Waals surface area contributed by atoms with Gasteiger partial charge in [0.2, 0.25) is 0 Å². The molecule has 0 unspecified atom stereocenters. The third-order valence-corrected chi connectivity index (χ3v) is 6.18. The number of rotatable bonds is 0. The van der Waals surface area contributed by atoms with E-state index in [0.29, 0.717) is 0 Å². The Balaban J connectivity index is 2.22. The van der Waals surface area contributed by atoms with Crippen molar-refractivity contribution in [3.8, 4) is 0 Å². The third-order valence-electron chi connectivity index (χ3n) is 6.18. The van der Waals surface area contributed by atoms with E-state index in [4.69, 9.17) is 4.98 Å². The molecule has 3 heteroatoms. The van der Waals surface area contributed by atoms with Gasteiger partial charge in [-0.05, 0) is 59.7 Å². The number of fused-ring (bicyclic) bond motifs is 7. The summed E-state index contributed by atoms with van der Waals surface area (Å²) in [5, 5.41) is 4.88. The van der Waals surface area contributed by atoms with Crippen LogP contribution in [-0.4, -0.2) is 14.4 Å². The Morgan fingerprint density at radius 2 is 1.61 bits per heavy atom. The zero-order valence-corrected chi connectivity index (χ0v) is 17.4. The first kappa shape index (κ1) is 17.2. The van der Waals surface area contributed by atoms with Crippen molar-refractivity contribution in [3.05, 3.63) is 65.2 Å². The van der Waals surface area contributed by atoms with Crippen LogP contribution >= 0.6 is 0 Å². The zero-order valence-electron chi connectivity index (χ0n) is 17.4. The van der Waals surface area contributed by atoms with Crippen LogP contribution in [0.4, 0.5) is 0 Å². The van der Waals surface area contributed by atoms with Gasteiger partial charge in [-0.1, -0.05) is 45.0 Å². The first-order valence-electron chi connectivity index (χ1n) is 9.86. The van der Waals surface area contributed by atoms with Gasteiger partial charge in [0.15, 0.2) is 0 Å². The second-order valence-corrected chi connectivity index (χ2v) is 8.92. The Bertz CT molecular complexity index is 1420. The van der Waals surface area contributed by atoms with Crippen molar-refractivity contribution in [1.29, 1.82) is 0 Å². The number of hydrogen-bond acceptors (Lipinski definition) is 2. The molecule has 0 saturated heterocycles. The van der Waals surface area contributed by atoms with Gasteiger partial charge in [0.1, 0.15) is 6.33 Å². The number of aromatic nitrogens is 3. The van der Waals surface area contributed by atoms with Gasteiger partial charge in [0, 0.05) is 22.7 Å². The molecule has 3 aromatic heterocycles. The van der Waals surface area contributed by atoms with Crippen LogP contribution in [-0.2, 0) is 5.41 Å². The summed E-state index contributed by atoms with van der Waals surface area (Å²) in [6.07, 6.45) is 3.65. The van der Waals surface area contributed by atoms with Crippen LogP contribution < -0.4 is 0 Å². The van der Waals surface area contributed by atoms with Crippen LogP contribution in [0.1, 0.15) is 43.2 Å². The maximum atomic E-state index is 4.75. The first-order chi connectivity index (χ1) is 13.3. The molecule has 0 aliphatic rings. The van der Waals surface area contributed by atoms with Crippen molar-refractivity contribution < 1.29 is 0 Å². The summed E-state index contributed by atoms with van der Waals surface area (Å²) in [4.78, 5) is 9.14. The Hall–Kier alpha value is -2.94. The normalized spacial score (nSPS) is 12.6. The molecule has 0 spiro atoms. The van der Waals surface area contributed by atoms with Crippen LogP contribution in [0.5, 0.6) is 0 Å². The maximum absolute atomic E-state index is 4.75. The number of benzene rings is 2. The lowest BCUT2D eigenvalue weighted by molar-refractivity contribution is 0.593. The molecule has 0 N–H and O–H groups in total. The fraction of sp³-hybridized carbons (Fsp3) is 0.280. The molecule has 0 aliphatic heterocycles. The minimum Gasteiger partial charge on any atom is -0.312 e. The molecular formula is C25H25N3. The molecule has 0 saturated carbocycles. The monoisotopic (exact) mass is 367 g/mol. The van der Waals surface area contributed by atoms with E-state index in [1.807, 2.05) is 6.20 Å². The van der Waals surface area contributed by atoms with Gasteiger partial charge in [0.05, 0.1) is 16.6 Å². The van der Waals surface area contributed by atoms with Crippen LogP contribution in [0, 0.1) is 20.8 Å². The Morgan fingerprint density at radius 3 is 2.36 bits per heavy atom. The molecular weight excluding hydrogens is 342 g/mol. The average Bonchev–Trinajstić information content (AvgIpc) is 2.94. The molecule has 2 aromatic carbocycles. The van der Waals surface area contributed by atoms with Crippen LogP contribution in [0.3, 0.4) is 0 Å². The second kappa shape index (κ2) is 5.54. The molecule has 0 radical (unpaired) electrons. The highest BCUT2D eigenvalue weighted by atomic mass is 14.9. The zero-order chi connectivity index (χ0) is 19.8. The summed E-state index contributed by atoms with van der Waals surface area (Å²) in [5.41, 5.74) is 8.93. The maximum Gasteiger partial charge on any atom is 0.116 e. The van der Waals surface area contributed by atoms with E-state index in [2.05, 4.69) is 81.3 Å². The SMILES string of the molecule is Cc1c(C(C)(C)C)c2c3cncnc3c3cc4ccccc4c(C)c3n2c1C. The smallest absolute Gasteiger partial charge is 0.116 e. The van der Waals surface area contributed by atoms with E-state index in [-0.39, 0.29) is 5.41 Å². The van der Waals surface area contributed by atoms with Crippen molar-refractivity contribution in [2.75, 3.05) is 0 Å². The fourth-order valence-electron chi connectivity index (χ4n) is 4.96. The Labute approximate surface area is 165 Å². The summed E-state index contributed by atoms with van der Waals surface area (Å²) in [5.74, 6) is 0. The summed E-state index contributed by atoms with van der Waals surface area (Å²) in [6.45, 7) is 13.6. The predicted octanol–water partition coefficient (Wildman–Crippen LogP) is 6.41. The summed E-state index contributed by atoms with van der Waals surface area (Å²) < 4.78 is 2.46. The van der Waals surface area contributed by atoms with Gasteiger partial charge >= 0.3 is 0 Å². The molecule has 5 aromatic rings. The Morgan fingerprint density at radius 1 is 0.857 bits per heavy atom. The van der Waals surface area contributed by atoms with Gasteiger partial charge in [-0.3, -0.25) is 0 Å². The van der Waals surface area contributed by atoms with Gasteiger partial charge in [-0.25, -0.2) is 9.97 Å². The number of aryl methyl sites for hydroxylation is 2. The summed E-state index contributed by atoms with van der Waals surface area (Å²) in [6, 6.07) is 10.9. The molecule has 3 heterocycles. The topological polar surface area (TPSA) is 30.2 Å². The highest BCUT2D eigenvalue weighted by Crippen LogP contribution is 2.41. The van der Waals surface area contributed by atoms with E-state index in [1.165, 1.54) is 49.6 Å². The van der Waals surface area contributed by atoms with Crippen molar-refractivity contribution >= 4 is 38.1 Å². The predicted molar refractivity (Wildman–Crippen MR) is 118 cm³/mol. The molecule has 28 heavy (non-hydrogen) atoms. The minimum absolute atomic E-state index is 0.0325. The van der Waals surface area contributed by atoms with E-state index in [9.17, 15) is 0 Å². The van der Waals surface area contributed by atoms with Crippen molar-refractivity contribution in [1.82, 2.24) is 14.4 Å². The lowest BCUT2D eigenvalue weighted by atomic mass is 9.84. The lowest BCUT2D eigenvalue weighted by Crippen LogP contribution is -2.12. The summed E-state index contributed by atoms with van der Waals surface area (Å²) >= 11 is 0. The standard InChI is InChI=1S/C25H25N3/c1-14-16(3)28-23-15(2)18-10-8-7-9-17(18)11-19(23)22-20(12-26-13-27-22)24(28)21(14)25(4,5)6/h7-13H,1-6H3. The van der Waals surface area contributed by atoms with Crippen LogP contribution in [0.25, 0.3) is 38.1 Å². The number of hydrogen-bond donors (Lipinski definition) is 0. The van der Waals surface area contributed by atoms with Gasteiger partial charge in [0.25, 0.3) is 0 Å². The minimum atomic E-state index is 0.0325. The first-order valence-corrected chi connectivity index (χ1v) is 9.86. The van der Waals surface area contributed by atoms with E-state index >= 15 is 0 Å². The van der Waals surface area contributed by atoms with Crippen molar-refractivity contribution in [3.63, 3.8) is 0 Å². The van der Waals surface area contributed by atoms with Crippen LogP contribution in [0.2, 0.25) is 0 Å². The largest absolute Gasteiger partial charge is 0.312 e. The van der Waals surface area contributed by atoms with Crippen LogP contribution in [0.15, 0.2) is 42.9 Å². The van der Waals surface area contributed by atoms with Gasteiger partial charge in [-0.2, -0.15) is 0 Å². The molecule has 0 aliphatic carbocycles. The molecule has 0 bridgehead atoms.